The van der Waals surface area contributed by atoms with Gasteiger partial charge in [-0.2, -0.15) is 4.31 Å². The van der Waals surface area contributed by atoms with E-state index in [1.165, 1.54) is 9.87 Å². The highest BCUT2D eigenvalue weighted by molar-refractivity contribution is 7.89. The van der Waals surface area contributed by atoms with Crippen molar-refractivity contribution in [3.05, 3.63) is 59.7 Å². The number of sulfonamides is 1. The minimum atomic E-state index is -3.54. The van der Waals surface area contributed by atoms with E-state index in [1.807, 2.05) is 24.3 Å². The maximum Gasteiger partial charge on any atom is 0.306 e. The van der Waals surface area contributed by atoms with Crippen LogP contribution in [0.3, 0.4) is 0 Å². The SMILES string of the molecule is CC(C)c1ccc(NC(=O)COC(=O)CCc2ccc(S(=O)(=O)N3CCOCC3)cc2)cc1. The molecule has 2 aromatic rings. The van der Waals surface area contributed by atoms with Gasteiger partial charge in [0.25, 0.3) is 5.91 Å². The summed E-state index contributed by atoms with van der Waals surface area (Å²) in [4.78, 5) is 24.2. The number of nitrogens with zero attached hydrogens (tertiary/aromatic N) is 1. The third-order valence-corrected chi connectivity index (χ3v) is 7.29. The van der Waals surface area contributed by atoms with Gasteiger partial charge < -0.3 is 14.8 Å². The Morgan fingerprint density at radius 1 is 1.03 bits per heavy atom. The van der Waals surface area contributed by atoms with Crippen molar-refractivity contribution >= 4 is 27.6 Å². The van der Waals surface area contributed by atoms with Crippen LogP contribution >= 0.6 is 0 Å². The Bertz CT molecular complexity index is 1040. The van der Waals surface area contributed by atoms with Crippen LogP contribution in [0.1, 0.15) is 37.3 Å². The van der Waals surface area contributed by atoms with E-state index in [4.69, 9.17) is 9.47 Å². The molecule has 0 aromatic heterocycles. The van der Waals surface area contributed by atoms with Crippen LogP contribution in [-0.2, 0) is 35.5 Å². The highest BCUT2D eigenvalue weighted by Gasteiger charge is 2.26. The number of ether oxygens (including phenoxy) is 2. The van der Waals surface area contributed by atoms with E-state index in [0.29, 0.717) is 44.3 Å². The van der Waals surface area contributed by atoms with Crippen LogP contribution in [0.5, 0.6) is 0 Å². The molecule has 0 spiro atoms. The van der Waals surface area contributed by atoms with Gasteiger partial charge in [-0.05, 0) is 47.7 Å². The van der Waals surface area contributed by atoms with Crippen molar-refractivity contribution in [1.29, 1.82) is 0 Å². The number of aryl methyl sites for hydroxylation is 1. The number of anilines is 1. The molecule has 2 aromatic carbocycles. The summed E-state index contributed by atoms with van der Waals surface area (Å²) in [5.41, 5.74) is 2.63. The van der Waals surface area contributed by atoms with Crippen molar-refractivity contribution in [2.24, 2.45) is 0 Å². The molecular weight excluding hydrogens is 444 g/mol. The van der Waals surface area contributed by atoms with Gasteiger partial charge >= 0.3 is 5.97 Å². The van der Waals surface area contributed by atoms with Gasteiger partial charge in [-0.1, -0.05) is 38.1 Å². The highest BCUT2D eigenvalue weighted by atomic mass is 32.2. The Morgan fingerprint density at radius 3 is 2.27 bits per heavy atom. The number of rotatable bonds is 9. The number of morpholine rings is 1. The molecule has 1 aliphatic heterocycles. The van der Waals surface area contributed by atoms with E-state index < -0.39 is 21.9 Å². The van der Waals surface area contributed by atoms with Crippen molar-refractivity contribution in [1.82, 2.24) is 4.31 Å². The Hall–Kier alpha value is -2.75. The van der Waals surface area contributed by atoms with Crippen molar-refractivity contribution in [2.45, 2.75) is 37.5 Å². The standard InChI is InChI=1S/C24H30N2O6S/c1-18(2)20-6-8-21(9-7-20)25-23(27)17-32-24(28)12-5-19-3-10-22(11-4-19)33(29,30)26-13-15-31-16-14-26/h3-4,6-11,18H,5,12-17H2,1-2H3,(H,25,27). The van der Waals surface area contributed by atoms with Gasteiger partial charge in [-0.3, -0.25) is 9.59 Å². The predicted molar refractivity (Wildman–Crippen MR) is 124 cm³/mol. The van der Waals surface area contributed by atoms with Crippen LogP contribution in [0.2, 0.25) is 0 Å². The predicted octanol–water partition coefficient (Wildman–Crippen LogP) is 2.95. The summed E-state index contributed by atoms with van der Waals surface area (Å²) in [6.45, 7) is 5.29. The second-order valence-electron chi connectivity index (χ2n) is 8.15. The number of benzene rings is 2. The van der Waals surface area contributed by atoms with E-state index in [2.05, 4.69) is 19.2 Å². The van der Waals surface area contributed by atoms with Gasteiger partial charge in [0.2, 0.25) is 10.0 Å². The normalized spacial score (nSPS) is 14.8. The zero-order chi connectivity index (χ0) is 23.8. The van der Waals surface area contributed by atoms with Crippen LogP contribution in [0.4, 0.5) is 5.69 Å². The molecule has 1 N–H and O–H groups in total. The second-order valence-corrected chi connectivity index (χ2v) is 10.1. The molecule has 0 aliphatic carbocycles. The Balaban J connectivity index is 1.42. The van der Waals surface area contributed by atoms with Gasteiger partial charge in [0.1, 0.15) is 0 Å². The van der Waals surface area contributed by atoms with E-state index in [-0.39, 0.29) is 17.9 Å². The molecule has 0 atom stereocenters. The first-order chi connectivity index (χ1) is 15.8. The molecule has 3 rings (SSSR count). The van der Waals surface area contributed by atoms with Crippen molar-refractivity contribution < 1.29 is 27.5 Å². The first-order valence-corrected chi connectivity index (χ1v) is 12.4. The minimum absolute atomic E-state index is 0.0892. The third-order valence-electron chi connectivity index (χ3n) is 5.37. The molecule has 0 unspecified atom stereocenters. The van der Waals surface area contributed by atoms with Gasteiger partial charge in [0, 0.05) is 25.2 Å². The lowest BCUT2D eigenvalue weighted by molar-refractivity contribution is -0.147. The second kappa shape index (κ2) is 11.4. The van der Waals surface area contributed by atoms with Crippen molar-refractivity contribution in [2.75, 3.05) is 38.2 Å². The quantitative estimate of drug-likeness (QED) is 0.561. The Morgan fingerprint density at radius 2 is 1.67 bits per heavy atom. The van der Waals surface area contributed by atoms with Crippen LogP contribution in [0.25, 0.3) is 0 Å². The Kier molecular flexibility index (Phi) is 8.60. The molecule has 0 radical (unpaired) electrons. The summed E-state index contributed by atoms with van der Waals surface area (Å²) >= 11 is 0. The number of hydrogen-bond donors (Lipinski definition) is 1. The van der Waals surface area contributed by atoms with E-state index in [0.717, 1.165) is 5.56 Å². The van der Waals surface area contributed by atoms with Crippen LogP contribution in [-0.4, -0.2) is 57.5 Å². The first kappa shape index (κ1) is 24.9. The summed E-state index contributed by atoms with van der Waals surface area (Å²) in [5.74, 6) is -0.496. The number of nitrogens with one attached hydrogen (secondary N) is 1. The van der Waals surface area contributed by atoms with Crippen LogP contribution < -0.4 is 5.32 Å². The smallest absolute Gasteiger partial charge is 0.306 e. The van der Waals surface area contributed by atoms with E-state index >= 15 is 0 Å². The lowest BCUT2D eigenvalue weighted by Gasteiger charge is -2.26. The fraction of sp³-hybridized carbons (Fsp3) is 0.417. The molecular formula is C24H30N2O6S. The number of carbonyl (C=O) groups is 2. The zero-order valence-electron chi connectivity index (χ0n) is 19.0. The summed E-state index contributed by atoms with van der Waals surface area (Å²) in [7, 11) is -3.54. The Labute approximate surface area is 194 Å². The summed E-state index contributed by atoms with van der Waals surface area (Å²) < 4.78 is 37.0. The molecule has 9 heteroatoms. The maximum absolute atomic E-state index is 12.6. The maximum atomic E-state index is 12.6. The summed E-state index contributed by atoms with van der Waals surface area (Å²) in [5, 5.41) is 2.70. The summed E-state index contributed by atoms with van der Waals surface area (Å²) in [6, 6.07) is 14.0. The molecule has 178 valence electrons. The van der Waals surface area contributed by atoms with Gasteiger partial charge in [0.05, 0.1) is 18.1 Å². The molecule has 1 aliphatic rings. The average molecular weight is 475 g/mol. The molecule has 0 saturated carbocycles. The fourth-order valence-electron chi connectivity index (χ4n) is 3.38. The van der Waals surface area contributed by atoms with Gasteiger partial charge in [-0.15, -0.1) is 0 Å². The average Bonchev–Trinajstić information content (AvgIpc) is 2.82. The topological polar surface area (TPSA) is 102 Å². The van der Waals surface area contributed by atoms with Crippen molar-refractivity contribution in [3.63, 3.8) is 0 Å². The molecule has 1 heterocycles. The minimum Gasteiger partial charge on any atom is -0.456 e. The number of esters is 1. The number of amides is 1. The van der Waals surface area contributed by atoms with Gasteiger partial charge in [-0.25, -0.2) is 8.42 Å². The van der Waals surface area contributed by atoms with Crippen LogP contribution in [0, 0.1) is 0 Å². The van der Waals surface area contributed by atoms with Crippen molar-refractivity contribution in [3.8, 4) is 0 Å². The molecule has 1 saturated heterocycles. The lowest BCUT2D eigenvalue weighted by Crippen LogP contribution is -2.40. The molecule has 1 amide bonds. The zero-order valence-corrected chi connectivity index (χ0v) is 19.8. The van der Waals surface area contributed by atoms with Gasteiger partial charge in [0.15, 0.2) is 6.61 Å². The monoisotopic (exact) mass is 474 g/mol. The largest absolute Gasteiger partial charge is 0.456 e. The number of carbonyl (C=O) groups excluding carboxylic acids is 2. The highest BCUT2D eigenvalue weighted by Crippen LogP contribution is 2.19. The third kappa shape index (κ3) is 7.12. The van der Waals surface area contributed by atoms with Crippen LogP contribution in [0.15, 0.2) is 53.4 Å². The molecule has 1 fully saturated rings. The first-order valence-electron chi connectivity index (χ1n) is 11.0. The molecule has 8 nitrogen and oxygen atoms in total. The summed E-state index contributed by atoms with van der Waals surface area (Å²) in [6.07, 6.45) is 0.473. The van der Waals surface area contributed by atoms with E-state index in [9.17, 15) is 18.0 Å². The molecule has 0 bridgehead atoms. The fourth-order valence-corrected chi connectivity index (χ4v) is 4.79. The van der Waals surface area contributed by atoms with E-state index in [1.54, 1.807) is 24.3 Å². The number of hydrogen-bond acceptors (Lipinski definition) is 6. The lowest BCUT2D eigenvalue weighted by atomic mass is 10.0. The molecule has 33 heavy (non-hydrogen) atoms.